The van der Waals surface area contributed by atoms with Gasteiger partial charge in [0.1, 0.15) is 28.0 Å². The van der Waals surface area contributed by atoms with Gasteiger partial charge in [0.05, 0.1) is 24.5 Å². The van der Waals surface area contributed by atoms with Crippen LogP contribution in [0.3, 0.4) is 0 Å². The third kappa shape index (κ3) is 6.82. The molecule has 1 amide bonds. The topological polar surface area (TPSA) is 140 Å². The van der Waals surface area contributed by atoms with Crippen molar-refractivity contribution in [2.24, 2.45) is 22.6 Å². The van der Waals surface area contributed by atoms with E-state index in [-0.39, 0.29) is 47.6 Å². The molecule has 13 heteroatoms. The van der Waals surface area contributed by atoms with Gasteiger partial charge >= 0.3 is 0 Å². The smallest absolute Gasteiger partial charge is 0.274 e. The van der Waals surface area contributed by atoms with Crippen molar-refractivity contribution >= 4 is 38.9 Å². The monoisotopic (exact) mass is 630 g/mol. The highest BCUT2D eigenvalue weighted by Gasteiger charge is 2.55. The molecule has 10 nitrogen and oxygen atoms in total. The minimum Gasteiger partial charge on any atom is -0.495 e. The fourth-order valence-electron chi connectivity index (χ4n) is 5.52. The summed E-state index contributed by atoms with van der Waals surface area (Å²) in [6.07, 6.45) is 3.88. The van der Waals surface area contributed by atoms with Crippen LogP contribution in [0.25, 0.3) is 0 Å². The lowest BCUT2D eigenvalue weighted by Gasteiger charge is -2.45. The van der Waals surface area contributed by atoms with Gasteiger partial charge in [-0.25, -0.2) is 32.1 Å². The Morgan fingerprint density at radius 3 is 2.60 bits per heavy atom. The third-order valence-corrected chi connectivity index (χ3v) is 11.2. The van der Waals surface area contributed by atoms with Crippen LogP contribution in [0.1, 0.15) is 68.2 Å². The zero-order chi connectivity index (χ0) is 31.4. The highest BCUT2D eigenvalue weighted by molar-refractivity contribution is 7.90. The van der Waals surface area contributed by atoms with Crippen molar-refractivity contribution in [3.63, 3.8) is 0 Å². The van der Waals surface area contributed by atoms with Gasteiger partial charge in [-0.05, 0) is 61.4 Å². The van der Waals surface area contributed by atoms with Crippen molar-refractivity contribution in [1.82, 2.24) is 14.3 Å². The molecular formula is C30H39FN6O4S2. The van der Waals surface area contributed by atoms with Gasteiger partial charge in [0.25, 0.3) is 5.91 Å². The number of sulfonamides is 1. The predicted molar refractivity (Wildman–Crippen MR) is 167 cm³/mol. The van der Waals surface area contributed by atoms with E-state index in [2.05, 4.69) is 15.3 Å². The SMILES string of the molecule is CCC(C)CC1(c2cc(NC(=O)c3ccc(OC)cn3)ccc2F)N=C(N)N(C)S(=O)(=O)C1CC(CC)Cc1cscn1. The van der Waals surface area contributed by atoms with Gasteiger partial charge < -0.3 is 15.8 Å². The van der Waals surface area contributed by atoms with Crippen LogP contribution in [0.4, 0.5) is 10.1 Å². The number of carbonyl (C=O) groups excluding carboxylic acids is 1. The van der Waals surface area contributed by atoms with E-state index < -0.39 is 32.5 Å². The standard InChI is InChI=1S/C30H39FN6O4S2/c1-6-19(3)15-30(24-14-21(8-10-25(24)31)35-28(38)26-11-9-23(41-5)16-33-26)27(43(39,40)37(4)29(32)36-30)13-20(7-2)12-22-17-42-18-34-22/h8-11,14,16-20,27H,6-7,12-13,15H2,1-5H3,(H2,32,36)(H,35,38). The van der Waals surface area contributed by atoms with Crippen LogP contribution < -0.4 is 15.8 Å². The second-order valence-electron chi connectivity index (χ2n) is 11.0. The Balaban J connectivity index is 1.83. The van der Waals surface area contributed by atoms with E-state index in [4.69, 9.17) is 15.5 Å². The molecule has 0 fully saturated rings. The molecule has 0 spiro atoms. The number of amides is 1. The summed E-state index contributed by atoms with van der Waals surface area (Å²) in [6.45, 7) is 5.99. The number of nitrogens with two attached hydrogens (primary N) is 1. The normalized spacial score (nSPS) is 21.1. The van der Waals surface area contributed by atoms with E-state index in [1.165, 1.54) is 56.0 Å². The lowest BCUT2D eigenvalue weighted by molar-refractivity contribution is 0.102. The number of pyridine rings is 1. The van der Waals surface area contributed by atoms with E-state index in [0.29, 0.717) is 18.6 Å². The molecule has 3 aromatic rings. The van der Waals surface area contributed by atoms with Crippen LogP contribution in [0.15, 0.2) is 52.4 Å². The van der Waals surface area contributed by atoms with Gasteiger partial charge in [0.2, 0.25) is 16.0 Å². The van der Waals surface area contributed by atoms with Crippen molar-refractivity contribution < 1.29 is 22.3 Å². The molecule has 3 N–H and O–H groups in total. The Morgan fingerprint density at radius 2 is 2.00 bits per heavy atom. The molecule has 4 rings (SSSR count). The number of aliphatic imine (C=N–C) groups is 1. The van der Waals surface area contributed by atoms with E-state index in [0.717, 1.165) is 16.4 Å². The van der Waals surface area contributed by atoms with Crippen LogP contribution in [-0.2, 0) is 22.0 Å². The molecule has 0 saturated heterocycles. The number of methoxy groups -OCH3 is 1. The highest BCUT2D eigenvalue weighted by atomic mass is 32.2. The Morgan fingerprint density at radius 1 is 1.23 bits per heavy atom. The molecule has 3 heterocycles. The Hall–Kier alpha value is -3.58. The van der Waals surface area contributed by atoms with Crippen LogP contribution in [0.2, 0.25) is 0 Å². The number of benzene rings is 1. The molecule has 0 radical (unpaired) electrons. The summed E-state index contributed by atoms with van der Waals surface area (Å²) in [6, 6.07) is 7.26. The van der Waals surface area contributed by atoms with Gasteiger partial charge in [0, 0.05) is 23.7 Å². The van der Waals surface area contributed by atoms with Gasteiger partial charge in [-0.15, -0.1) is 11.3 Å². The fraction of sp³-hybridized carbons (Fsp3) is 0.467. The number of hydrogen-bond donors (Lipinski definition) is 2. The van der Waals surface area contributed by atoms with Gasteiger partial charge in [-0.1, -0.05) is 33.6 Å². The first-order valence-corrected chi connectivity index (χ1v) is 16.7. The quantitative estimate of drug-likeness (QED) is 0.281. The van der Waals surface area contributed by atoms with E-state index in [9.17, 15) is 13.2 Å². The number of rotatable bonds is 12. The summed E-state index contributed by atoms with van der Waals surface area (Å²) in [7, 11) is -1.18. The van der Waals surface area contributed by atoms with E-state index in [1.54, 1.807) is 11.6 Å². The molecule has 43 heavy (non-hydrogen) atoms. The molecule has 4 atom stereocenters. The van der Waals surface area contributed by atoms with Crippen molar-refractivity contribution in [1.29, 1.82) is 0 Å². The highest BCUT2D eigenvalue weighted by Crippen LogP contribution is 2.47. The van der Waals surface area contributed by atoms with E-state index in [1.807, 2.05) is 26.2 Å². The Labute approximate surface area is 256 Å². The maximum atomic E-state index is 16.0. The molecule has 0 saturated carbocycles. The maximum absolute atomic E-state index is 16.0. The molecular weight excluding hydrogens is 592 g/mol. The average Bonchev–Trinajstić information content (AvgIpc) is 3.51. The van der Waals surface area contributed by atoms with Gasteiger partial charge in [0.15, 0.2) is 0 Å². The molecule has 1 aliphatic heterocycles. The summed E-state index contributed by atoms with van der Waals surface area (Å²) in [5, 5.41) is 3.61. The number of guanidine groups is 1. The summed E-state index contributed by atoms with van der Waals surface area (Å²) < 4.78 is 50.5. The molecule has 0 bridgehead atoms. The third-order valence-electron chi connectivity index (χ3n) is 8.27. The van der Waals surface area contributed by atoms with E-state index >= 15 is 4.39 Å². The van der Waals surface area contributed by atoms with Crippen LogP contribution in [0, 0.1) is 17.7 Å². The number of carbonyl (C=O) groups is 1. The first kappa shape index (κ1) is 32.3. The van der Waals surface area contributed by atoms with Crippen LogP contribution >= 0.6 is 11.3 Å². The summed E-state index contributed by atoms with van der Waals surface area (Å²) >= 11 is 1.48. The average molecular weight is 631 g/mol. The minimum absolute atomic E-state index is 0.0163. The second-order valence-corrected chi connectivity index (χ2v) is 13.9. The molecule has 232 valence electrons. The number of nitrogens with zero attached hydrogens (tertiary/aromatic N) is 4. The number of ether oxygens (including phenoxy) is 1. The van der Waals surface area contributed by atoms with Crippen LogP contribution in [0.5, 0.6) is 5.75 Å². The van der Waals surface area contributed by atoms with Crippen molar-refractivity contribution in [3.8, 4) is 5.75 Å². The number of aromatic nitrogens is 2. The molecule has 0 aliphatic carbocycles. The van der Waals surface area contributed by atoms with Crippen molar-refractivity contribution in [3.05, 3.63) is 70.2 Å². The summed E-state index contributed by atoms with van der Waals surface area (Å²) in [4.78, 5) is 26.4. The predicted octanol–water partition coefficient (Wildman–Crippen LogP) is 5.19. The maximum Gasteiger partial charge on any atom is 0.274 e. The minimum atomic E-state index is -4.06. The molecule has 1 aromatic carbocycles. The number of halogens is 1. The number of nitrogens with one attached hydrogen (secondary N) is 1. The molecule has 2 aromatic heterocycles. The Kier molecular flexibility index (Phi) is 10.1. The fourth-order valence-corrected chi connectivity index (χ4v) is 8.06. The van der Waals surface area contributed by atoms with Crippen molar-refractivity contribution in [2.45, 2.75) is 63.7 Å². The zero-order valence-electron chi connectivity index (χ0n) is 25.1. The number of hydrogen-bond acceptors (Lipinski definition) is 9. The first-order valence-electron chi connectivity index (χ1n) is 14.3. The van der Waals surface area contributed by atoms with Crippen LogP contribution in [-0.4, -0.2) is 54.0 Å². The summed E-state index contributed by atoms with van der Waals surface area (Å²) in [5.74, 6) is -0.925. The lowest BCUT2D eigenvalue weighted by atomic mass is 9.75. The molecule has 1 aliphatic rings. The number of anilines is 1. The first-order chi connectivity index (χ1) is 20.4. The lowest BCUT2D eigenvalue weighted by Crippen LogP contribution is -2.58. The van der Waals surface area contributed by atoms with Gasteiger partial charge in [-0.2, -0.15) is 0 Å². The largest absolute Gasteiger partial charge is 0.495 e. The zero-order valence-corrected chi connectivity index (χ0v) is 26.7. The Bertz CT molecular complexity index is 1550. The number of thiazole rings is 1. The second kappa shape index (κ2) is 13.4. The van der Waals surface area contributed by atoms with Crippen molar-refractivity contribution in [2.75, 3.05) is 19.5 Å². The molecule has 4 unspecified atom stereocenters. The van der Waals surface area contributed by atoms with Gasteiger partial charge in [-0.3, -0.25) is 4.79 Å². The summed E-state index contributed by atoms with van der Waals surface area (Å²) in [5.41, 5.74) is 7.85.